The summed E-state index contributed by atoms with van der Waals surface area (Å²) in [7, 11) is 1.69. The highest BCUT2D eigenvalue weighted by atomic mass is 16.4. The lowest BCUT2D eigenvalue weighted by molar-refractivity contribution is -0.148. The van der Waals surface area contributed by atoms with E-state index in [1.807, 2.05) is 6.92 Å². The number of phenols is 2. The Hall–Kier alpha value is -1.79. The molecule has 4 atom stereocenters. The minimum absolute atomic E-state index is 0.0170. The maximum Gasteiger partial charge on any atom is 0.309 e. The highest BCUT2D eigenvalue weighted by molar-refractivity contribution is 5.75. The Balaban J connectivity index is 2.44. The van der Waals surface area contributed by atoms with Crippen LogP contribution in [0.3, 0.4) is 0 Å². The maximum atomic E-state index is 11.2. The van der Waals surface area contributed by atoms with E-state index in [9.17, 15) is 20.1 Å². The van der Waals surface area contributed by atoms with Gasteiger partial charge < -0.3 is 26.4 Å². The zero-order valence-electron chi connectivity index (χ0n) is 11.5. The van der Waals surface area contributed by atoms with Crippen LogP contribution in [0.15, 0.2) is 12.1 Å². The second-order valence-corrected chi connectivity index (χ2v) is 5.17. The molecule has 20 heavy (non-hydrogen) atoms. The normalized spacial score (nSPS) is 28.9. The van der Waals surface area contributed by atoms with Crippen LogP contribution in [0.1, 0.15) is 24.0 Å². The Morgan fingerprint density at radius 1 is 1.40 bits per heavy atom. The summed E-state index contributed by atoms with van der Waals surface area (Å²) >= 11 is 0. The van der Waals surface area contributed by atoms with Crippen LogP contribution in [0.25, 0.3) is 0 Å². The number of carbonyl (C=O) groups is 1. The average molecular weight is 280 g/mol. The van der Waals surface area contributed by atoms with Crippen molar-refractivity contribution >= 4 is 5.97 Å². The Labute approximate surface area is 117 Å². The van der Waals surface area contributed by atoms with Crippen LogP contribution in [-0.2, 0) is 11.2 Å². The largest absolute Gasteiger partial charge is 0.508 e. The summed E-state index contributed by atoms with van der Waals surface area (Å²) in [5, 5.41) is 31.8. The minimum atomic E-state index is -0.935. The zero-order valence-corrected chi connectivity index (χ0v) is 11.5. The van der Waals surface area contributed by atoms with Crippen molar-refractivity contribution in [2.24, 2.45) is 11.7 Å². The van der Waals surface area contributed by atoms with E-state index in [4.69, 9.17) is 5.73 Å². The monoisotopic (exact) mass is 280 g/mol. The van der Waals surface area contributed by atoms with Crippen molar-refractivity contribution in [2.75, 3.05) is 7.05 Å². The smallest absolute Gasteiger partial charge is 0.309 e. The fourth-order valence-corrected chi connectivity index (χ4v) is 3.20. The van der Waals surface area contributed by atoms with E-state index in [0.29, 0.717) is 17.5 Å². The maximum absolute atomic E-state index is 11.2. The molecule has 1 saturated carbocycles. The molecule has 0 radical (unpaired) electrons. The third-order valence-electron chi connectivity index (χ3n) is 4.18. The third-order valence-corrected chi connectivity index (χ3v) is 4.18. The molecule has 0 bridgehead atoms. The lowest BCUT2D eigenvalue weighted by Crippen LogP contribution is -2.65. The zero-order chi connectivity index (χ0) is 15.0. The van der Waals surface area contributed by atoms with Crippen LogP contribution in [0, 0.1) is 5.92 Å². The van der Waals surface area contributed by atoms with E-state index >= 15 is 0 Å². The van der Waals surface area contributed by atoms with Crippen molar-refractivity contribution in [1.82, 2.24) is 5.32 Å². The Bertz CT molecular complexity index is 532. The van der Waals surface area contributed by atoms with Gasteiger partial charge >= 0.3 is 5.97 Å². The van der Waals surface area contributed by atoms with Gasteiger partial charge in [0.1, 0.15) is 11.5 Å². The molecule has 6 nitrogen and oxygen atoms in total. The quantitative estimate of drug-likeness (QED) is 0.544. The van der Waals surface area contributed by atoms with E-state index < -0.39 is 17.9 Å². The van der Waals surface area contributed by atoms with Gasteiger partial charge in [-0.05, 0) is 30.7 Å². The Morgan fingerprint density at radius 2 is 2.05 bits per heavy atom. The van der Waals surface area contributed by atoms with Crippen LogP contribution in [0.5, 0.6) is 11.5 Å². The van der Waals surface area contributed by atoms with Gasteiger partial charge in [-0.3, -0.25) is 4.79 Å². The van der Waals surface area contributed by atoms with Crippen molar-refractivity contribution in [3.05, 3.63) is 23.3 Å². The number of aromatic hydroxyl groups is 2. The summed E-state index contributed by atoms with van der Waals surface area (Å²) in [6, 6.07) is 1.99. The van der Waals surface area contributed by atoms with Crippen LogP contribution in [0.2, 0.25) is 0 Å². The van der Waals surface area contributed by atoms with Crippen LogP contribution >= 0.6 is 0 Å². The van der Waals surface area contributed by atoms with E-state index in [2.05, 4.69) is 5.32 Å². The predicted molar refractivity (Wildman–Crippen MR) is 73.8 cm³/mol. The van der Waals surface area contributed by atoms with Crippen molar-refractivity contribution in [2.45, 2.75) is 31.3 Å². The van der Waals surface area contributed by atoms with Crippen molar-refractivity contribution < 1.29 is 20.1 Å². The summed E-state index contributed by atoms with van der Waals surface area (Å²) in [5.41, 5.74) is 7.42. The first-order valence-electron chi connectivity index (χ1n) is 6.62. The van der Waals surface area contributed by atoms with Crippen molar-refractivity contribution in [1.29, 1.82) is 0 Å². The van der Waals surface area contributed by atoms with Crippen LogP contribution in [-0.4, -0.2) is 40.4 Å². The SMILES string of the molecule is CCc1c(O)cc(O)cc1C1C(N)C(C(=O)O)C1NC. The summed E-state index contributed by atoms with van der Waals surface area (Å²) in [6.07, 6.45) is 0.582. The number of hydrogen-bond acceptors (Lipinski definition) is 5. The van der Waals surface area contributed by atoms with Gasteiger partial charge in [-0.2, -0.15) is 0 Å². The molecule has 1 aliphatic carbocycles. The first-order valence-corrected chi connectivity index (χ1v) is 6.62. The number of carboxylic acids is 1. The Morgan fingerprint density at radius 3 is 2.55 bits per heavy atom. The van der Waals surface area contributed by atoms with Crippen molar-refractivity contribution in [3.8, 4) is 11.5 Å². The number of phenolic OH excluding ortho intramolecular Hbond substituents is 2. The van der Waals surface area contributed by atoms with Gasteiger partial charge in [0.15, 0.2) is 0 Å². The van der Waals surface area contributed by atoms with Gasteiger partial charge in [-0.1, -0.05) is 6.92 Å². The summed E-state index contributed by atoms with van der Waals surface area (Å²) < 4.78 is 0. The lowest BCUT2D eigenvalue weighted by Gasteiger charge is -2.48. The average Bonchev–Trinajstić information content (AvgIpc) is 2.34. The molecule has 110 valence electrons. The third kappa shape index (κ3) is 2.10. The first-order chi connectivity index (χ1) is 9.42. The predicted octanol–water partition coefficient (Wildman–Crippen LogP) is 0.373. The molecule has 0 amide bonds. The molecular formula is C14H20N2O4. The van der Waals surface area contributed by atoms with Gasteiger partial charge in [0.2, 0.25) is 0 Å². The highest BCUT2D eigenvalue weighted by Gasteiger charge is 2.53. The lowest BCUT2D eigenvalue weighted by atomic mass is 9.62. The molecule has 1 aromatic rings. The second kappa shape index (κ2) is 5.30. The number of rotatable bonds is 4. The van der Waals surface area contributed by atoms with Crippen molar-refractivity contribution in [3.63, 3.8) is 0 Å². The second-order valence-electron chi connectivity index (χ2n) is 5.17. The molecule has 0 spiro atoms. The molecule has 1 aromatic carbocycles. The molecule has 4 unspecified atom stereocenters. The number of benzene rings is 1. The van der Waals surface area contributed by atoms with E-state index in [0.717, 1.165) is 0 Å². The molecule has 6 heteroatoms. The summed E-state index contributed by atoms with van der Waals surface area (Å²) in [5.74, 6) is -1.87. The number of nitrogens with one attached hydrogen (secondary N) is 1. The van der Waals surface area contributed by atoms with Gasteiger partial charge in [0.05, 0.1) is 5.92 Å². The molecule has 1 fully saturated rings. The molecule has 1 aliphatic rings. The fraction of sp³-hybridized carbons (Fsp3) is 0.500. The molecule has 0 aliphatic heterocycles. The molecule has 0 heterocycles. The molecule has 6 N–H and O–H groups in total. The number of aliphatic carboxylic acids is 1. The summed E-state index contributed by atoms with van der Waals surface area (Å²) in [4.78, 5) is 11.2. The molecular weight excluding hydrogens is 260 g/mol. The number of carboxylic acid groups (broad SMARTS) is 1. The molecule has 2 rings (SSSR count). The van der Waals surface area contributed by atoms with Gasteiger partial charge in [0.25, 0.3) is 0 Å². The van der Waals surface area contributed by atoms with E-state index in [-0.39, 0.29) is 23.5 Å². The Kier molecular flexibility index (Phi) is 3.87. The van der Waals surface area contributed by atoms with Crippen LogP contribution in [0.4, 0.5) is 0 Å². The minimum Gasteiger partial charge on any atom is -0.508 e. The number of likely N-dealkylation sites (N-methyl/N-ethyl adjacent to an activating group) is 1. The topological polar surface area (TPSA) is 116 Å². The highest BCUT2D eigenvalue weighted by Crippen LogP contribution is 2.45. The molecule has 0 aromatic heterocycles. The van der Waals surface area contributed by atoms with E-state index in [1.54, 1.807) is 13.1 Å². The number of hydrogen-bond donors (Lipinski definition) is 5. The summed E-state index contributed by atoms with van der Waals surface area (Å²) in [6.45, 7) is 1.89. The standard InChI is InChI=1S/C14H20N2O4/c1-3-7-8(4-6(17)5-9(7)18)10-12(15)11(14(19)20)13(10)16-2/h4-5,10-13,16-18H,3,15H2,1-2H3,(H,19,20). The van der Waals surface area contributed by atoms with Gasteiger partial charge in [-0.25, -0.2) is 0 Å². The van der Waals surface area contributed by atoms with Crippen LogP contribution < -0.4 is 11.1 Å². The fourth-order valence-electron chi connectivity index (χ4n) is 3.20. The first kappa shape index (κ1) is 14.6. The van der Waals surface area contributed by atoms with Gasteiger partial charge in [0, 0.05) is 24.1 Å². The van der Waals surface area contributed by atoms with E-state index in [1.165, 1.54) is 6.07 Å². The molecule has 0 saturated heterocycles. The number of nitrogens with two attached hydrogens (primary N) is 1. The van der Waals surface area contributed by atoms with Gasteiger partial charge in [-0.15, -0.1) is 0 Å².